The van der Waals surface area contributed by atoms with Crippen LogP contribution in [0, 0.1) is 0 Å². The Hall–Kier alpha value is -2.60. The smallest absolute Gasteiger partial charge is 0.193 e. The molecule has 144 valence electrons. The van der Waals surface area contributed by atoms with Gasteiger partial charge in [-0.1, -0.05) is 11.6 Å². The van der Waals surface area contributed by atoms with Gasteiger partial charge in [0, 0.05) is 12.2 Å². The van der Waals surface area contributed by atoms with Crippen molar-refractivity contribution in [2.45, 2.75) is 26.4 Å². The van der Waals surface area contributed by atoms with Gasteiger partial charge in [-0.2, -0.15) is 0 Å². The van der Waals surface area contributed by atoms with Crippen LogP contribution >= 0.6 is 11.6 Å². The number of nitrogens with one attached hydrogen (secondary N) is 1. The molecule has 6 nitrogen and oxygen atoms in total. The summed E-state index contributed by atoms with van der Waals surface area (Å²) in [5.41, 5.74) is 7.85. The van der Waals surface area contributed by atoms with Crippen LogP contribution in [0.4, 0.5) is 5.69 Å². The highest BCUT2D eigenvalue weighted by Gasteiger charge is 2.16. The Morgan fingerprint density at radius 3 is 2.70 bits per heavy atom. The number of rotatable bonds is 6. The first kappa shape index (κ1) is 19.2. The maximum absolute atomic E-state index is 6.25. The lowest BCUT2D eigenvalue weighted by molar-refractivity contribution is 0.171. The lowest BCUT2D eigenvalue weighted by Crippen LogP contribution is -2.23. The Morgan fingerprint density at radius 1 is 1.22 bits per heavy atom. The van der Waals surface area contributed by atoms with E-state index in [0.717, 1.165) is 17.0 Å². The van der Waals surface area contributed by atoms with Crippen molar-refractivity contribution in [3.8, 4) is 17.2 Å². The van der Waals surface area contributed by atoms with E-state index >= 15 is 0 Å². The minimum absolute atomic E-state index is 0.143. The predicted molar refractivity (Wildman–Crippen MR) is 108 cm³/mol. The monoisotopic (exact) mass is 389 g/mol. The van der Waals surface area contributed by atoms with Crippen LogP contribution in [0.2, 0.25) is 5.02 Å². The molecular weight excluding hydrogens is 366 g/mol. The second-order valence-corrected chi connectivity index (χ2v) is 6.84. The first-order valence-electron chi connectivity index (χ1n) is 8.93. The highest BCUT2D eigenvalue weighted by atomic mass is 35.5. The molecule has 27 heavy (non-hydrogen) atoms. The maximum atomic E-state index is 6.25. The van der Waals surface area contributed by atoms with Crippen LogP contribution in [0.5, 0.6) is 17.2 Å². The van der Waals surface area contributed by atoms with Gasteiger partial charge in [0.2, 0.25) is 0 Å². The normalized spacial score (nSPS) is 13.6. The first-order chi connectivity index (χ1) is 13.0. The minimum atomic E-state index is 0.143. The SMILES string of the molecule is CC(C)Oc1ccc(NC(N)=NCCc2cc(Cl)c3c(c2)OCCO3)cc1. The van der Waals surface area contributed by atoms with Crippen molar-refractivity contribution in [1.82, 2.24) is 0 Å². The average molecular weight is 390 g/mol. The van der Waals surface area contributed by atoms with Crippen LogP contribution in [0.15, 0.2) is 41.4 Å². The molecule has 0 spiro atoms. The molecule has 2 aromatic rings. The van der Waals surface area contributed by atoms with Gasteiger partial charge < -0.3 is 25.3 Å². The van der Waals surface area contributed by atoms with Crippen molar-refractivity contribution in [3.05, 3.63) is 47.0 Å². The molecule has 0 aromatic heterocycles. The molecule has 3 N–H and O–H groups in total. The number of fused-ring (bicyclic) bond motifs is 1. The summed E-state index contributed by atoms with van der Waals surface area (Å²) in [6.07, 6.45) is 0.837. The number of hydrogen-bond donors (Lipinski definition) is 2. The van der Waals surface area contributed by atoms with Crippen LogP contribution in [0.3, 0.4) is 0 Å². The number of nitrogens with zero attached hydrogens (tertiary/aromatic N) is 1. The van der Waals surface area contributed by atoms with Crippen molar-refractivity contribution in [2.75, 3.05) is 25.1 Å². The van der Waals surface area contributed by atoms with Crippen molar-refractivity contribution >= 4 is 23.2 Å². The van der Waals surface area contributed by atoms with Gasteiger partial charge in [-0.15, -0.1) is 0 Å². The van der Waals surface area contributed by atoms with Crippen LogP contribution in [0.25, 0.3) is 0 Å². The average Bonchev–Trinajstić information content (AvgIpc) is 2.63. The number of halogens is 1. The summed E-state index contributed by atoms with van der Waals surface area (Å²) >= 11 is 6.25. The number of nitrogens with two attached hydrogens (primary N) is 1. The van der Waals surface area contributed by atoms with Gasteiger partial charge in [0.25, 0.3) is 0 Å². The van der Waals surface area contributed by atoms with Crippen LogP contribution in [0.1, 0.15) is 19.4 Å². The molecule has 0 radical (unpaired) electrons. The van der Waals surface area contributed by atoms with Gasteiger partial charge in [-0.25, -0.2) is 0 Å². The molecular formula is C20H24ClN3O3. The fourth-order valence-corrected chi connectivity index (χ4v) is 2.98. The molecule has 0 fully saturated rings. The molecule has 2 aromatic carbocycles. The fourth-order valence-electron chi connectivity index (χ4n) is 2.69. The number of benzene rings is 2. The van der Waals surface area contributed by atoms with E-state index in [4.69, 9.17) is 31.5 Å². The Balaban J connectivity index is 1.54. The van der Waals surface area contributed by atoms with E-state index in [-0.39, 0.29) is 6.10 Å². The highest BCUT2D eigenvalue weighted by Crippen LogP contribution is 2.38. The topological polar surface area (TPSA) is 78.1 Å². The Kier molecular flexibility index (Phi) is 6.29. The summed E-state index contributed by atoms with van der Waals surface area (Å²) in [6.45, 7) is 5.56. The molecule has 0 atom stereocenters. The lowest BCUT2D eigenvalue weighted by atomic mass is 10.1. The van der Waals surface area contributed by atoms with Gasteiger partial charge in [0.05, 0.1) is 11.1 Å². The summed E-state index contributed by atoms with van der Waals surface area (Å²) in [5.74, 6) is 2.47. The van der Waals surface area contributed by atoms with E-state index < -0.39 is 0 Å². The molecule has 1 aliphatic rings. The van der Waals surface area contributed by atoms with Crippen molar-refractivity contribution in [1.29, 1.82) is 0 Å². The summed E-state index contributed by atoms with van der Waals surface area (Å²) in [7, 11) is 0. The summed E-state index contributed by atoms with van der Waals surface area (Å²) in [6, 6.07) is 11.4. The molecule has 0 saturated carbocycles. The van der Waals surface area contributed by atoms with Crippen LogP contribution in [-0.4, -0.2) is 31.8 Å². The fraction of sp³-hybridized carbons (Fsp3) is 0.350. The summed E-state index contributed by atoms with van der Waals surface area (Å²) in [5, 5.41) is 3.63. The molecule has 1 aliphatic heterocycles. The van der Waals surface area contributed by atoms with Gasteiger partial charge in [0.15, 0.2) is 17.5 Å². The number of anilines is 1. The van der Waals surface area contributed by atoms with Crippen LogP contribution < -0.4 is 25.3 Å². The van der Waals surface area contributed by atoms with Crippen molar-refractivity contribution < 1.29 is 14.2 Å². The summed E-state index contributed by atoms with van der Waals surface area (Å²) in [4.78, 5) is 4.36. The highest BCUT2D eigenvalue weighted by molar-refractivity contribution is 6.32. The zero-order valence-electron chi connectivity index (χ0n) is 15.5. The van der Waals surface area contributed by atoms with E-state index in [1.165, 1.54) is 0 Å². The molecule has 0 aliphatic carbocycles. The van der Waals surface area contributed by atoms with E-state index in [9.17, 15) is 0 Å². The van der Waals surface area contributed by atoms with E-state index in [2.05, 4.69) is 10.3 Å². The van der Waals surface area contributed by atoms with E-state index in [0.29, 0.717) is 48.7 Å². The molecule has 1 heterocycles. The van der Waals surface area contributed by atoms with Crippen molar-refractivity contribution in [2.24, 2.45) is 10.7 Å². The van der Waals surface area contributed by atoms with Crippen LogP contribution in [-0.2, 0) is 6.42 Å². The third-order valence-electron chi connectivity index (χ3n) is 3.84. The molecule has 3 rings (SSSR count). The Morgan fingerprint density at radius 2 is 1.96 bits per heavy atom. The minimum Gasteiger partial charge on any atom is -0.491 e. The van der Waals surface area contributed by atoms with Gasteiger partial charge in [-0.05, 0) is 62.2 Å². The lowest BCUT2D eigenvalue weighted by Gasteiger charge is -2.20. The molecule has 0 amide bonds. The predicted octanol–water partition coefficient (Wildman–Crippen LogP) is 3.87. The number of guanidine groups is 1. The summed E-state index contributed by atoms with van der Waals surface area (Å²) < 4.78 is 16.7. The Labute approximate surface area is 164 Å². The number of ether oxygens (including phenoxy) is 3. The third-order valence-corrected chi connectivity index (χ3v) is 4.12. The van der Waals surface area contributed by atoms with Gasteiger partial charge >= 0.3 is 0 Å². The second-order valence-electron chi connectivity index (χ2n) is 6.43. The van der Waals surface area contributed by atoms with Gasteiger partial charge in [0.1, 0.15) is 19.0 Å². The standard InChI is InChI=1S/C20H24ClN3O3/c1-13(2)27-16-5-3-15(4-6-16)24-20(22)23-8-7-14-11-17(21)19-18(12-14)25-9-10-26-19/h3-6,11-13H,7-10H2,1-2H3,(H3,22,23,24). The van der Waals surface area contributed by atoms with E-state index in [1.807, 2.05) is 50.2 Å². The molecule has 0 saturated heterocycles. The largest absolute Gasteiger partial charge is 0.491 e. The van der Waals surface area contributed by atoms with Crippen molar-refractivity contribution in [3.63, 3.8) is 0 Å². The Bertz CT molecular complexity index is 807. The molecule has 0 unspecified atom stereocenters. The quantitative estimate of drug-likeness (QED) is 0.579. The first-order valence-corrected chi connectivity index (χ1v) is 9.31. The molecule has 0 bridgehead atoms. The zero-order chi connectivity index (χ0) is 19.2. The second kappa shape index (κ2) is 8.86. The van der Waals surface area contributed by atoms with E-state index in [1.54, 1.807) is 0 Å². The number of aliphatic imine (C=N–C) groups is 1. The zero-order valence-corrected chi connectivity index (χ0v) is 16.3. The third kappa shape index (κ3) is 5.44. The number of hydrogen-bond acceptors (Lipinski definition) is 4. The van der Waals surface area contributed by atoms with Gasteiger partial charge in [-0.3, -0.25) is 4.99 Å². The molecule has 7 heteroatoms. The maximum Gasteiger partial charge on any atom is 0.193 e.